The Morgan fingerprint density at radius 1 is 0.240 bits per heavy atom. The van der Waals surface area contributed by atoms with Gasteiger partial charge in [-0.15, -0.1) is 0 Å². The maximum absolute atomic E-state index is 6.55. The molecule has 0 fully saturated rings. The molecule has 0 aliphatic heterocycles. The minimum atomic E-state index is 0.880. The number of hydrogen-bond donors (Lipinski definition) is 0. The molecule has 0 aliphatic rings. The fourth-order valence-electron chi connectivity index (χ4n) is 8.13. The van der Waals surface area contributed by atoms with Gasteiger partial charge in [0.1, 0.15) is 22.3 Å². The van der Waals surface area contributed by atoms with Crippen LogP contribution in [0.3, 0.4) is 0 Å². The predicted molar refractivity (Wildman–Crippen MR) is 210 cm³/mol. The van der Waals surface area contributed by atoms with E-state index >= 15 is 0 Å². The average molecular weight is 637 g/mol. The van der Waals surface area contributed by atoms with Crippen molar-refractivity contribution < 1.29 is 8.83 Å². The Labute approximate surface area is 287 Å². The molecule has 2 nitrogen and oxygen atoms in total. The lowest BCUT2D eigenvalue weighted by Crippen LogP contribution is -1.91. The van der Waals surface area contributed by atoms with Gasteiger partial charge in [0.15, 0.2) is 0 Å². The fourth-order valence-corrected chi connectivity index (χ4v) is 8.13. The smallest absolute Gasteiger partial charge is 0.136 e. The lowest BCUT2D eigenvalue weighted by Gasteiger charge is -2.18. The molecule has 0 radical (unpaired) electrons. The van der Waals surface area contributed by atoms with Crippen LogP contribution in [0.25, 0.3) is 110 Å². The molecule has 0 atom stereocenters. The van der Waals surface area contributed by atoms with Crippen molar-refractivity contribution in [1.29, 1.82) is 0 Å². The summed E-state index contributed by atoms with van der Waals surface area (Å²) in [6, 6.07) is 61.0. The summed E-state index contributed by atoms with van der Waals surface area (Å²) < 4.78 is 12.7. The van der Waals surface area contributed by atoms with E-state index in [1.54, 1.807) is 0 Å². The van der Waals surface area contributed by atoms with E-state index in [1.807, 2.05) is 12.1 Å². The third-order valence-electron chi connectivity index (χ3n) is 10.4. The van der Waals surface area contributed by atoms with Crippen LogP contribution in [0.4, 0.5) is 0 Å². The average Bonchev–Trinajstić information content (AvgIpc) is 3.72. The van der Waals surface area contributed by atoms with Crippen molar-refractivity contribution >= 4 is 76.2 Å². The van der Waals surface area contributed by atoms with Crippen LogP contribution in [-0.4, -0.2) is 0 Å². The molecular weight excluding hydrogens is 609 g/mol. The molecule has 0 saturated carbocycles. The molecule has 0 bridgehead atoms. The van der Waals surface area contributed by atoms with Crippen LogP contribution < -0.4 is 0 Å². The van der Waals surface area contributed by atoms with Crippen molar-refractivity contribution in [1.82, 2.24) is 0 Å². The summed E-state index contributed by atoms with van der Waals surface area (Å²) in [5.74, 6) is 0. The van der Waals surface area contributed by atoms with Crippen LogP contribution in [-0.2, 0) is 0 Å². The van der Waals surface area contributed by atoms with Gasteiger partial charge in [-0.2, -0.15) is 0 Å². The Morgan fingerprint density at radius 2 is 0.700 bits per heavy atom. The fraction of sp³-hybridized carbons (Fsp3) is 0. The zero-order valence-electron chi connectivity index (χ0n) is 27.0. The predicted octanol–water partition coefficient (Wildman–Crippen LogP) is 13.9. The zero-order valence-corrected chi connectivity index (χ0v) is 27.0. The monoisotopic (exact) mass is 636 g/mol. The molecule has 11 aromatic rings. The molecule has 0 amide bonds. The van der Waals surface area contributed by atoms with Crippen molar-refractivity contribution in [3.63, 3.8) is 0 Å². The maximum atomic E-state index is 6.55. The maximum Gasteiger partial charge on any atom is 0.136 e. The van der Waals surface area contributed by atoms with Crippen molar-refractivity contribution in [3.8, 4) is 33.4 Å². The molecule has 0 spiro atoms. The van der Waals surface area contributed by atoms with Crippen LogP contribution in [0.15, 0.2) is 179 Å². The minimum Gasteiger partial charge on any atom is -0.456 e. The molecule has 50 heavy (non-hydrogen) atoms. The molecule has 2 heterocycles. The van der Waals surface area contributed by atoms with Gasteiger partial charge in [0.2, 0.25) is 0 Å². The molecule has 2 aromatic heterocycles. The molecule has 0 unspecified atom stereocenters. The molecule has 9 aromatic carbocycles. The summed E-state index contributed by atoms with van der Waals surface area (Å²) >= 11 is 0. The first kappa shape index (κ1) is 27.3. The van der Waals surface area contributed by atoms with Gasteiger partial charge in [-0.3, -0.25) is 0 Å². The summed E-state index contributed by atoms with van der Waals surface area (Å²) in [4.78, 5) is 0. The van der Waals surface area contributed by atoms with Crippen LogP contribution in [0.2, 0.25) is 0 Å². The second-order valence-corrected chi connectivity index (χ2v) is 13.2. The van der Waals surface area contributed by atoms with Gasteiger partial charge >= 0.3 is 0 Å². The van der Waals surface area contributed by atoms with Crippen LogP contribution >= 0.6 is 0 Å². The number of rotatable bonds is 3. The van der Waals surface area contributed by atoms with Gasteiger partial charge in [0.05, 0.1) is 0 Å². The summed E-state index contributed by atoms with van der Waals surface area (Å²) in [5, 5.41) is 11.8. The van der Waals surface area contributed by atoms with E-state index in [1.165, 1.54) is 49.2 Å². The van der Waals surface area contributed by atoms with Gasteiger partial charge in [-0.1, -0.05) is 121 Å². The number of fused-ring (bicyclic) bond motifs is 9. The third kappa shape index (κ3) is 4.03. The van der Waals surface area contributed by atoms with Gasteiger partial charge in [-0.05, 0) is 114 Å². The first-order valence-corrected chi connectivity index (χ1v) is 17.1. The normalized spacial score (nSPS) is 12.0. The van der Waals surface area contributed by atoms with E-state index < -0.39 is 0 Å². The van der Waals surface area contributed by atoms with Crippen LogP contribution in [0, 0.1) is 0 Å². The second kappa shape index (κ2) is 10.4. The number of hydrogen-bond acceptors (Lipinski definition) is 2. The highest BCUT2D eigenvalue weighted by molar-refractivity contribution is 6.21. The molecule has 0 aliphatic carbocycles. The van der Waals surface area contributed by atoms with E-state index in [9.17, 15) is 0 Å². The van der Waals surface area contributed by atoms with E-state index in [0.717, 1.165) is 60.4 Å². The highest BCUT2D eigenvalue weighted by atomic mass is 16.3. The first-order valence-electron chi connectivity index (χ1n) is 17.1. The topological polar surface area (TPSA) is 26.3 Å². The van der Waals surface area contributed by atoms with Crippen LogP contribution in [0.5, 0.6) is 0 Å². The minimum absolute atomic E-state index is 0.880. The number of benzene rings is 9. The lowest BCUT2D eigenvalue weighted by molar-refractivity contribution is 0.668. The zero-order chi connectivity index (χ0) is 32.8. The van der Waals surface area contributed by atoms with E-state index in [4.69, 9.17) is 8.83 Å². The summed E-state index contributed by atoms with van der Waals surface area (Å²) in [7, 11) is 0. The molecule has 0 N–H and O–H groups in total. The SMILES string of the molecule is c1ccc(-c2c3ccccc3c(-c3cccc(-c4ccc5c(c4)oc4cc6cc7oc8ccccc8c7cc6cc45)c3)c3ccccc23)cc1. The van der Waals surface area contributed by atoms with Crippen molar-refractivity contribution in [2.24, 2.45) is 0 Å². The van der Waals surface area contributed by atoms with Crippen molar-refractivity contribution in [2.75, 3.05) is 0 Å². The van der Waals surface area contributed by atoms with Crippen molar-refractivity contribution in [3.05, 3.63) is 170 Å². The van der Waals surface area contributed by atoms with Crippen molar-refractivity contribution in [2.45, 2.75) is 0 Å². The Balaban J connectivity index is 1.07. The molecule has 2 heteroatoms. The Morgan fingerprint density at radius 3 is 1.38 bits per heavy atom. The lowest BCUT2D eigenvalue weighted by atomic mass is 9.85. The Hall–Kier alpha value is -6.64. The second-order valence-electron chi connectivity index (χ2n) is 13.2. The highest BCUT2D eigenvalue weighted by Crippen LogP contribution is 2.44. The number of para-hydroxylation sites is 1. The highest BCUT2D eigenvalue weighted by Gasteiger charge is 2.17. The standard InChI is InChI=1S/C48H28O2/c1-2-11-29(12-3-1)47-37-16-4-6-18-39(37)48(40-19-7-5-17-38(40)47)32-14-10-13-30(23-32)31-21-22-36-42-25-33-24-41-35-15-8-9-20-43(35)49-45(41)27-34(33)28-46(42)50-44(36)26-31/h1-28H. The third-order valence-corrected chi connectivity index (χ3v) is 10.4. The Kier molecular flexibility index (Phi) is 5.70. The largest absolute Gasteiger partial charge is 0.456 e. The van der Waals surface area contributed by atoms with E-state index in [-0.39, 0.29) is 0 Å². The molecular formula is C48H28O2. The van der Waals surface area contributed by atoms with Gasteiger partial charge in [0.25, 0.3) is 0 Å². The van der Waals surface area contributed by atoms with E-state index in [0.29, 0.717) is 0 Å². The molecule has 232 valence electrons. The summed E-state index contributed by atoms with van der Waals surface area (Å²) in [5.41, 5.74) is 10.8. The van der Waals surface area contributed by atoms with Crippen LogP contribution in [0.1, 0.15) is 0 Å². The number of furan rings is 2. The van der Waals surface area contributed by atoms with E-state index in [2.05, 4.69) is 158 Å². The molecule has 0 saturated heterocycles. The van der Waals surface area contributed by atoms with Gasteiger partial charge in [-0.25, -0.2) is 0 Å². The summed E-state index contributed by atoms with van der Waals surface area (Å²) in [6.45, 7) is 0. The van der Waals surface area contributed by atoms with Gasteiger partial charge < -0.3 is 8.83 Å². The first-order chi connectivity index (χ1) is 24.8. The summed E-state index contributed by atoms with van der Waals surface area (Å²) in [6.07, 6.45) is 0. The molecule has 11 rings (SSSR count). The quantitative estimate of drug-likeness (QED) is 0.180. The van der Waals surface area contributed by atoms with Gasteiger partial charge in [0, 0.05) is 21.5 Å². The Bertz CT molecular complexity index is 3080.